The van der Waals surface area contributed by atoms with Crippen molar-refractivity contribution in [3.05, 3.63) is 69.7 Å². The van der Waals surface area contributed by atoms with Gasteiger partial charge in [-0.3, -0.25) is 9.59 Å². The molecule has 0 aromatic heterocycles. The van der Waals surface area contributed by atoms with Crippen molar-refractivity contribution in [2.75, 3.05) is 11.5 Å². The molecule has 1 fully saturated rings. The summed E-state index contributed by atoms with van der Waals surface area (Å²) in [6.45, 7) is 0. The molecule has 0 unspecified atom stereocenters. The van der Waals surface area contributed by atoms with Gasteiger partial charge in [0.05, 0.1) is 23.6 Å². The van der Waals surface area contributed by atoms with E-state index in [9.17, 15) is 18.0 Å². The molecule has 142 valence electrons. The molecule has 0 saturated carbocycles. The molecule has 27 heavy (non-hydrogen) atoms. The molecule has 3 rings (SSSR count). The topological polar surface area (TPSA) is 92.3 Å². The quantitative estimate of drug-likeness (QED) is 0.784. The van der Waals surface area contributed by atoms with Gasteiger partial charge in [0.15, 0.2) is 9.84 Å². The summed E-state index contributed by atoms with van der Waals surface area (Å²) in [5, 5.41) is 6.36. The molecule has 0 aliphatic carbocycles. The van der Waals surface area contributed by atoms with Crippen molar-refractivity contribution in [2.45, 2.75) is 12.1 Å². The summed E-state index contributed by atoms with van der Waals surface area (Å²) in [6, 6.07) is 11.0. The summed E-state index contributed by atoms with van der Waals surface area (Å²) in [7, 11) is -3.39. The number of benzene rings is 2. The van der Waals surface area contributed by atoms with Crippen LogP contribution in [0.4, 0.5) is 0 Å². The molecule has 1 aliphatic rings. The fourth-order valence-electron chi connectivity index (χ4n) is 2.84. The van der Waals surface area contributed by atoms with E-state index in [1.54, 1.807) is 48.5 Å². The van der Waals surface area contributed by atoms with Crippen LogP contribution in [-0.2, 0) is 9.84 Å². The Labute approximate surface area is 166 Å². The average molecular weight is 427 g/mol. The van der Waals surface area contributed by atoms with E-state index in [0.717, 1.165) is 0 Å². The van der Waals surface area contributed by atoms with Crippen LogP contribution in [0.2, 0.25) is 10.0 Å². The number of carbonyl (C=O) groups excluding carboxylic acids is 2. The molecule has 0 bridgehead atoms. The predicted octanol–water partition coefficient (Wildman–Crippen LogP) is 2.32. The Hall–Kier alpha value is -2.09. The Morgan fingerprint density at radius 1 is 0.741 bits per heavy atom. The first kappa shape index (κ1) is 19.7. The predicted molar refractivity (Wildman–Crippen MR) is 104 cm³/mol. The van der Waals surface area contributed by atoms with Gasteiger partial charge in [-0.25, -0.2) is 8.42 Å². The van der Waals surface area contributed by atoms with E-state index in [1.165, 1.54) is 0 Å². The smallest absolute Gasteiger partial charge is 0.251 e. The first-order valence-electron chi connectivity index (χ1n) is 8.07. The molecule has 0 radical (unpaired) electrons. The van der Waals surface area contributed by atoms with Crippen LogP contribution in [0.25, 0.3) is 0 Å². The number of hydrogen-bond donors (Lipinski definition) is 2. The van der Waals surface area contributed by atoms with E-state index in [4.69, 9.17) is 23.2 Å². The van der Waals surface area contributed by atoms with E-state index in [2.05, 4.69) is 10.6 Å². The Balaban J connectivity index is 1.72. The summed E-state index contributed by atoms with van der Waals surface area (Å²) in [6.07, 6.45) is 0. The third kappa shape index (κ3) is 5.00. The summed E-state index contributed by atoms with van der Waals surface area (Å²) < 4.78 is 24.1. The highest BCUT2D eigenvalue weighted by Crippen LogP contribution is 2.16. The molecule has 0 spiro atoms. The highest BCUT2D eigenvalue weighted by molar-refractivity contribution is 7.91. The van der Waals surface area contributed by atoms with Gasteiger partial charge < -0.3 is 10.6 Å². The van der Waals surface area contributed by atoms with Gasteiger partial charge >= 0.3 is 0 Å². The van der Waals surface area contributed by atoms with Crippen molar-refractivity contribution < 1.29 is 18.0 Å². The van der Waals surface area contributed by atoms with Crippen molar-refractivity contribution in [1.29, 1.82) is 0 Å². The summed E-state index contributed by atoms with van der Waals surface area (Å²) in [5.41, 5.74) is 0.706. The van der Waals surface area contributed by atoms with E-state index < -0.39 is 33.7 Å². The number of hydrogen-bond acceptors (Lipinski definition) is 4. The molecule has 2 amide bonds. The lowest BCUT2D eigenvalue weighted by Gasteiger charge is -2.21. The molecule has 1 heterocycles. The molecule has 6 nitrogen and oxygen atoms in total. The van der Waals surface area contributed by atoms with Crippen molar-refractivity contribution >= 4 is 44.9 Å². The first-order valence-corrected chi connectivity index (χ1v) is 10.6. The minimum absolute atomic E-state index is 0.238. The summed E-state index contributed by atoms with van der Waals surface area (Å²) in [5.74, 6) is -1.34. The largest absolute Gasteiger partial charge is 0.346 e. The highest BCUT2D eigenvalue weighted by atomic mass is 35.5. The van der Waals surface area contributed by atoms with Crippen LogP contribution in [-0.4, -0.2) is 43.8 Å². The molecular weight excluding hydrogens is 411 g/mol. The first-order chi connectivity index (χ1) is 12.7. The van der Waals surface area contributed by atoms with E-state index >= 15 is 0 Å². The standard InChI is InChI=1S/C18H16Cl2N2O4S/c19-13-5-1-11(2-6-13)17(23)21-15-9-27(25,26)10-16(15)22-18(24)12-3-7-14(20)8-4-12/h1-8,15-16H,9-10H2,(H,21,23)(H,22,24)/t15-,16-/m0/s1. The van der Waals surface area contributed by atoms with E-state index in [-0.39, 0.29) is 11.5 Å². The summed E-state index contributed by atoms with van der Waals surface area (Å²) >= 11 is 11.6. The van der Waals surface area contributed by atoms with Crippen LogP contribution in [0.5, 0.6) is 0 Å². The molecule has 1 aliphatic heterocycles. The number of sulfone groups is 1. The van der Waals surface area contributed by atoms with Gasteiger partial charge in [0.1, 0.15) is 0 Å². The van der Waals surface area contributed by atoms with Gasteiger partial charge in [0.25, 0.3) is 11.8 Å². The van der Waals surface area contributed by atoms with Crippen LogP contribution < -0.4 is 10.6 Å². The maximum absolute atomic E-state index is 12.4. The minimum atomic E-state index is -3.39. The second-order valence-corrected chi connectivity index (χ2v) is 9.28. The number of nitrogens with one attached hydrogen (secondary N) is 2. The number of halogens is 2. The van der Waals surface area contributed by atoms with Crippen molar-refractivity contribution in [2.24, 2.45) is 0 Å². The zero-order chi connectivity index (χ0) is 19.6. The number of rotatable bonds is 4. The Morgan fingerprint density at radius 2 is 1.07 bits per heavy atom. The second kappa shape index (κ2) is 7.88. The molecule has 2 atom stereocenters. The third-order valence-corrected chi connectivity index (χ3v) is 6.44. The highest BCUT2D eigenvalue weighted by Gasteiger charge is 2.39. The number of carbonyl (C=O) groups is 2. The summed E-state index contributed by atoms with van der Waals surface area (Å²) in [4.78, 5) is 24.8. The van der Waals surface area contributed by atoms with Crippen LogP contribution in [0.15, 0.2) is 48.5 Å². The molecule has 2 aromatic carbocycles. The van der Waals surface area contributed by atoms with E-state index in [1.807, 2.05) is 0 Å². The van der Waals surface area contributed by atoms with Gasteiger partial charge in [0, 0.05) is 21.2 Å². The maximum atomic E-state index is 12.4. The van der Waals surface area contributed by atoms with Gasteiger partial charge in [-0.2, -0.15) is 0 Å². The fourth-order valence-corrected chi connectivity index (χ4v) is 4.95. The maximum Gasteiger partial charge on any atom is 0.251 e. The van der Waals surface area contributed by atoms with Crippen molar-refractivity contribution in [3.63, 3.8) is 0 Å². The van der Waals surface area contributed by atoms with Gasteiger partial charge in [-0.1, -0.05) is 23.2 Å². The van der Waals surface area contributed by atoms with Crippen LogP contribution in [0, 0.1) is 0 Å². The van der Waals surface area contributed by atoms with E-state index in [0.29, 0.717) is 21.2 Å². The Kier molecular flexibility index (Phi) is 5.74. The second-order valence-electron chi connectivity index (χ2n) is 6.25. The zero-order valence-corrected chi connectivity index (χ0v) is 16.3. The lowest BCUT2D eigenvalue weighted by molar-refractivity contribution is 0.0896. The van der Waals surface area contributed by atoms with Gasteiger partial charge in [-0.15, -0.1) is 0 Å². The molecule has 2 N–H and O–H groups in total. The Bertz CT molecular complexity index is 886. The normalized spacial score (nSPS) is 20.8. The van der Waals surface area contributed by atoms with Gasteiger partial charge in [-0.05, 0) is 48.5 Å². The minimum Gasteiger partial charge on any atom is -0.346 e. The molecular formula is C18H16Cl2N2O4S. The molecule has 1 saturated heterocycles. The SMILES string of the molecule is O=C(N[C@H]1CS(=O)(=O)C[C@@H]1NC(=O)c1ccc(Cl)cc1)c1ccc(Cl)cc1. The van der Waals surface area contributed by atoms with Crippen molar-refractivity contribution in [3.8, 4) is 0 Å². The number of amides is 2. The van der Waals surface area contributed by atoms with Crippen LogP contribution in [0.1, 0.15) is 20.7 Å². The zero-order valence-electron chi connectivity index (χ0n) is 14.0. The lowest BCUT2D eigenvalue weighted by atomic mass is 10.1. The fraction of sp³-hybridized carbons (Fsp3) is 0.222. The Morgan fingerprint density at radius 3 is 1.41 bits per heavy atom. The van der Waals surface area contributed by atoms with Gasteiger partial charge in [0.2, 0.25) is 0 Å². The van der Waals surface area contributed by atoms with Crippen molar-refractivity contribution in [1.82, 2.24) is 10.6 Å². The van der Waals surface area contributed by atoms with Crippen LogP contribution >= 0.6 is 23.2 Å². The average Bonchev–Trinajstić information content (AvgIpc) is 2.89. The molecule has 2 aromatic rings. The molecule has 9 heteroatoms. The monoisotopic (exact) mass is 426 g/mol. The van der Waals surface area contributed by atoms with Crippen LogP contribution in [0.3, 0.4) is 0 Å². The lowest BCUT2D eigenvalue weighted by Crippen LogP contribution is -2.51. The third-order valence-electron chi connectivity index (χ3n) is 4.20.